The minimum atomic E-state index is -5.01. The van der Waals surface area contributed by atoms with E-state index in [9.17, 15) is 31.5 Å². The zero-order valence-corrected chi connectivity index (χ0v) is 23.9. The summed E-state index contributed by atoms with van der Waals surface area (Å²) in [6.07, 6.45) is -1.96. The first kappa shape index (κ1) is 31.5. The SMILES string of the molecule is CS.Nc1cccc(SNC(=O)c2c(-c3ccc[nH]c3=O)c3cc(OC(F)(F)F)ccc3n2Cc2ccc(F)cc2F)c1. The molecule has 0 saturated carbocycles. The van der Waals surface area contributed by atoms with E-state index in [4.69, 9.17) is 5.73 Å². The van der Waals surface area contributed by atoms with Crippen molar-refractivity contribution in [1.82, 2.24) is 14.3 Å². The number of nitrogens with one attached hydrogen (secondary N) is 2. The van der Waals surface area contributed by atoms with Gasteiger partial charge in [0, 0.05) is 50.4 Å². The minimum absolute atomic E-state index is 0.00928. The first-order chi connectivity index (χ1) is 20.5. The Bertz CT molecular complexity index is 1840. The maximum Gasteiger partial charge on any atom is 0.573 e. The molecular weight excluding hydrogens is 611 g/mol. The lowest BCUT2D eigenvalue weighted by Crippen LogP contribution is -2.22. The second-order valence-electron chi connectivity index (χ2n) is 8.79. The number of hydrogen-bond donors (Lipinski definition) is 4. The van der Waals surface area contributed by atoms with Gasteiger partial charge in [-0.1, -0.05) is 12.1 Å². The number of ether oxygens (including phenoxy) is 1. The van der Waals surface area contributed by atoms with Crippen LogP contribution in [0.2, 0.25) is 0 Å². The number of aromatic amines is 1. The number of thiol groups is 1. The number of fused-ring (bicyclic) bond motifs is 1. The van der Waals surface area contributed by atoms with Gasteiger partial charge in [0.05, 0.1) is 6.54 Å². The van der Waals surface area contributed by atoms with E-state index < -0.39 is 35.2 Å². The van der Waals surface area contributed by atoms with Crippen LogP contribution in [-0.2, 0) is 6.54 Å². The molecule has 0 bridgehead atoms. The van der Waals surface area contributed by atoms with E-state index in [1.54, 1.807) is 30.5 Å². The number of halogens is 5. The van der Waals surface area contributed by atoms with E-state index in [2.05, 4.69) is 27.1 Å². The quantitative estimate of drug-likeness (QED) is 0.0684. The molecule has 0 spiro atoms. The summed E-state index contributed by atoms with van der Waals surface area (Å²) in [6, 6.07) is 15.8. The van der Waals surface area contributed by atoms with Gasteiger partial charge >= 0.3 is 6.36 Å². The molecule has 43 heavy (non-hydrogen) atoms. The third-order valence-corrected chi connectivity index (χ3v) is 6.81. The molecule has 0 fully saturated rings. The molecule has 3 aromatic carbocycles. The average Bonchev–Trinajstić information content (AvgIpc) is 3.26. The van der Waals surface area contributed by atoms with Crippen LogP contribution < -0.4 is 20.8 Å². The number of nitrogen functional groups attached to an aromatic ring is 1. The van der Waals surface area contributed by atoms with E-state index in [0.717, 1.165) is 30.1 Å². The van der Waals surface area contributed by atoms with Gasteiger partial charge in [0.1, 0.15) is 23.1 Å². The molecule has 0 saturated heterocycles. The molecule has 0 radical (unpaired) electrons. The van der Waals surface area contributed by atoms with Crippen molar-refractivity contribution in [2.75, 3.05) is 12.0 Å². The number of aromatic nitrogens is 2. The van der Waals surface area contributed by atoms with Crippen LogP contribution in [0.3, 0.4) is 0 Å². The fourth-order valence-corrected chi connectivity index (χ4v) is 5.02. The predicted molar refractivity (Wildman–Crippen MR) is 159 cm³/mol. The number of H-pyrrole nitrogens is 1. The van der Waals surface area contributed by atoms with Crippen molar-refractivity contribution in [1.29, 1.82) is 0 Å². The molecule has 0 aliphatic carbocycles. The lowest BCUT2D eigenvalue weighted by Gasteiger charge is -2.13. The zero-order chi connectivity index (χ0) is 31.3. The Morgan fingerprint density at radius 2 is 1.81 bits per heavy atom. The molecule has 14 heteroatoms. The third-order valence-electron chi connectivity index (χ3n) is 6.03. The van der Waals surface area contributed by atoms with Gasteiger partial charge in [0.15, 0.2) is 0 Å². The van der Waals surface area contributed by atoms with E-state index in [1.807, 2.05) is 0 Å². The number of benzene rings is 3. The second-order valence-corrected chi connectivity index (χ2v) is 9.67. The van der Waals surface area contributed by atoms with Crippen LogP contribution in [0.1, 0.15) is 16.1 Å². The Morgan fingerprint density at radius 1 is 1.05 bits per heavy atom. The Labute approximate surface area is 251 Å². The van der Waals surface area contributed by atoms with Crippen LogP contribution in [0.5, 0.6) is 5.75 Å². The topological polar surface area (TPSA) is 102 Å². The number of alkyl halides is 3. The number of anilines is 1. The van der Waals surface area contributed by atoms with Gasteiger partial charge in [0.2, 0.25) is 0 Å². The summed E-state index contributed by atoms with van der Waals surface area (Å²) in [5.41, 5.74) is 5.63. The summed E-state index contributed by atoms with van der Waals surface area (Å²) in [4.78, 5) is 29.7. The molecule has 4 N–H and O–H groups in total. The molecule has 0 aliphatic heterocycles. The molecule has 2 heterocycles. The summed E-state index contributed by atoms with van der Waals surface area (Å²) >= 11 is 4.44. The highest BCUT2D eigenvalue weighted by atomic mass is 32.2. The maximum atomic E-state index is 14.8. The van der Waals surface area contributed by atoms with Crippen LogP contribution in [-0.4, -0.2) is 28.1 Å². The molecule has 224 valence electrons. The number of carbonyl (C=O) groups is 1. The van der Waals surface area contributed by atoms with Crippen LogP contribution in [0.25, 0.3) is 22.0 Å². The van der Waals surface area contributed by atoms with Crippen molar-refractivity contribution in [2.45, 2.75) is 17.8 Å². The van der Waals surface area contributed by atoms with Crippen LogP contribution in [0, 0.1) is 11.6 Å². The molecule has 5 rings (SSSR count). The minimum Gasteiger partial charge on any atom is -0.406 e. The van der Waals surface area contributed by atoms with Gasteiger partial charge in [-0.05, 0) is 72.8 Å². The Morgan fingerprint density at radius 3 is 2.49 bits per heavy atom. The van der Waals surface area contributed by atoms with Crippen molar-refractivity contribution < 1.29 is 31.5 Å². The molecular formula is C29H23F5N4O3S2. The fraction of sp³-hybridized carbons (Fsp3) is 0.103. The summed E-state index contributed by atoms with van der Waals surface area (Å²) in [5.74, 6) is -3.05. The first-order valence-corrected chi connectivity index (χ1v) is 14.0. The standard InChI is InChI=1S/C28H19F5N4O3S.CH4S/c29-16-7-6-15(22(30)11-16)14-37-23-9-8-18(40-28(31,32)33)13-21(23)24(20-5-2-10-35-26(20)38)25(37)27(39)36-41-19-4-1-3-17(34)12-19;1-2/h1-13H,14,34H2,(H,35,38)(H,36,39);2H,1H3. The highest BCUT2D eigenvalue weighted by Gasteiger charge is 2.32. The highest BCUT2D eigenvalue weighted by Crippen LogP contribution is 2.38. The van der Waals surface area contributed by atoms with Gasteiger partial charge in [-0.2, -0.15) is 12.6 Å². The second kappa shape index (κ2) is 13.3. The lowest BCUT2D eigenvalue weighted by atomic mass is 10.0. The first-order valence-electron chi connectivity index (χ1n) is 12.3. The van der Waals surface area contributed by atoms with E-state index in [-0.39, 0.29) is 39.8 Å². The largest absolute Gasteiger partial charge is 0.573 e. The lowest BCUT2D eigenvalue weighted by molar-refractivity contribution is -0.274. The summed E-state index contributed by atoms with van der Waals surface area (Å²) in [7, 11) is 0. The van der Waals surface area contributed by atoms with Gasteiger partial charge in [0.25, 0.3) is 11.5 Å². The smallest absolute Gasteiger partial charge is 0.406 e. The number of nitrogens with zero attached hydrogens (tertiary/aromatic N) is 1. The van der Waals surface area contributed by atoms with Crippen molar-refractivity contribution in [2.24, 2.45) is 0 Å². The molecule has 0 aliphatic rings. The molecule has 0 atom stereocenters. The van der Waals surface area contributed by atoms with Crippen LogP contribution >= 0.6 is 24.6 Å². The average molecular weight is 635 g/mol. The maximum absolute atomic E-state index is 14.8. The van der Waals surface area contributed by atoms with Gasteiger partial charge in [-0.15, -0.1) is 13.2 Å². The summed E-state index contributed by atoms with van der Waals surface area (Å²) in [6.45, 7) is -0.321. The number of hydrogen-bond acceptors (Lipinski definition) is 6. The van der Waals surface area contributed by atoms with Gasteiger partial charge in [-0.25, -0.2) is 8.78 Å². The van der Waals surface area contributed by atoms with E-state index >= 15 is 0 Å². The van der Waals surface area contributed by atoms with Gasteiger partial charge < -0.3 is 20.0 Å². The molecule has 5 aromatic rings. The summed E-state index contributed by atoms with van der Waals surface area (Å²) < 4.78 is 75.7. The zero-order valence-electron chi connectivity index (χ0n) is 22.2. The molecule has 0 unspecified atom stereocenters. The number of pyridine rings is 1. The molecule has 1 amide bonds. The van der Waals surface area contributed by atoms with Crippen molar-refractivity contribution in [3.8, 4) is 16.9 Å². The summed E-state index contributed by atoms with van der Waals surface area (Å²) in [5, 5.41) is 0.0603. The Kier molecular flexibility index (Phi) is 9.71. The van der Waals surface area contributed by atoms with Crippen molar-refractivity contribution in [3.05, 3.63) is 112 Å². The Hall–Kier alpha value is -4.43. The predicted octanol–water partition coefficient (Wildman–Crippen LogP) is 6.79. The van der Waals surface area contributed by atoms with E-state index in [1.165, 1.54) is 35.0 Å². The number of nitrogens with two attached hydrogens (primary N) is 1. The van der Waals surface area contributed by atoms with E-state index in [0.29, 0.717) is 16.6 Å². The normalized spacial score (nSPS) is 11.1. The van der Waals surface area contributed by atoms with Crippen LogP contribution in [0.4, 0.5) is 27.6 Å². The van der Waals surface area contributed by atoms with Gasteiger partial charge in [-0.3, -0.25) is 14.3 Å². The molecule has 2 aromatic heterocycles. The highest BCUT2D eigenvalue weighted by molar-refractivity contribution is 7.98. The fourth-order valence-electron chi connectivity index (χ4n) is 4.37. The number of carbonyl (C=O) groups excluding carboxylic acids is 1. The van der Waals surface area contributed by atoms with Crippen molar-refractivity contribution in [3.63, 3.8) is 0 Å². The monoisotopic (exact) mass is 634 g/mol. The Balaban J connectivity index is 0.00000207. The van der Waals surface area contributed by atoms with Crippen LogP contribution in [0.15, 0.2) is 88.7 Å². The molecule has 7 nitrogen and oxygen atoms in total. The number of rotatable bonds is 7. The van der Waals surface area contributed by atoms with Crippen molar-refractivity contribution >= 4 is 47.1 Å². The number of amides is 1. The third kappa shape index (κ3) is 7.32.